The summed E-state index contributed by atoms with van der Waals surface area (Å²) in [5.41, 5.74) is 2.17. The minimum atomic E-state index is -0.205. The first-order valence-electron chi connectivity index (χ1n) is 9.65. The summed E-state index contributed by atoms with van der Waals surface area (Å²) in [5.74, 6) is -0.205. The Morgan fingerprint density at radius 3 is 1.86 bits per heavy atom. The topological polar surface area (TPSA) is 53.1 Å². The highest BCUT2D eigenvalue weighted by Crippen LogP contribution is 2.17. The van der Waals surface area contributed by atoms with E-state index in [4.69, 9.17) is 4.74 Å². The van der Waals surface area contributed by atoms with Gasteiger partial charge < -0.3 is 14.5 Å². The Morgan fingerprint density at radius 1 is 0.893 bits per heavy atom. The predicted octanol–water partition coefficient (Wildman–Crippen LogP) is 3.29. The fourth-order valence-electron chi connectivity index (χ4n) is 3.32. The SMILES string of the molecule is CCOC(=O)CCN1CN(Cc2ccccc2)C(=O)N(Cc2ccccc2)C1. The molecule has 2 aromatic carbocycles. The number of hydrogen-bond acceptors (Lipinski definition) is 4. The third-order valence-corrected chi connectivity index (χ3v) is 4.65. The molecule has 0 N–H and O–H groups in total. The van der Waals surface area contributed by atoms with E-state index in [1.165, 1.54) is 0 Å². The summed E-state index contributed by atoms with van der Waals surface area (Å²) in [5, 5.41) is 0. The number of carbonyl (C=O) groups excluding carboxylic acids is 2. The highest BCUT2D eigenvalue weighted by molar-refractivity contribution is 5.75. The van der Waals surface area contributed by atoms with Crippen LogP contribution in [0.25, 0.3) is 0 Å². The Bertz CT molecular complexity index is 714. The van der Waals surface area contributed by atoms with Crippen LogP contribution in [0, 0.1) is 0 Å². The molecule has 0 aromatic heterocycles. The number of hydrogen-bond donors (Lipinski definition) is 0. The van der Waals surface area contributed by atoms with Crippen molar-refractivity contribution in [3.63, 3.8) is 0 Å². The zero-order chi connectivity index (χ0) is 19.8. The van der Waals surface area contributed by atoms with Crippen molar-refractivity contribution in [1.82, 2.24) is 14.7 Å². The van der Waals surface area contributed by atoms with Crippen LogP contribution in [0.2, 0.25) is 0 Å². The smallest absolute Gasteiger partial charge is 0.322 e. The van der Waals surface area contributed by atoms with E-state index in [0.717, 1.165) is 11.1 Å². The standard InChI is InChI=1S/C22H27N3O3/c1-2-28-21(26)13-14-23-17-24(15-19-9-5-3-6-10-19)22(27)25(18-23)16-20-11-7-4-8-12-20/h3-12H,2,13-18H2,1H3. The van der Waals surface area contributed by atoms with Gasteiger partial charge in [0.2, 0.25) is 0 Å². The lowest BCUT2D eigenvalue weighted by Crippen LogP contribution is -2.57. The first-order chi connectivity index (χ1) is 13.7. The molecule has 2 aromatic rings. The van der Waals surface area contributed by atoms with Crippen LogP contribution >= 0.6 is 0 Å². The van der Waals surface area contributed by atoms with Crippen molar-refractivity contribution in [2.75, 3.05) is 26.5 Å². The molecule has 6 heteroatoms. The molecular weight excluding hydrogens is 354 g/mol. The summed E-state index contributed by atoms with van der Waals surface area (Å²) < 4.78 is 5.04. The van der Waals surface area contributed by atoms with Crippen LogP contribution in [-0.4, -0.2) is 53.2 Å². The van der Waals surface area contributed by atoms with Gasteiger partial charge in [-0.05, 0) is 18.1 Å². The molecule has 0 bridgehead atoms. The van der Waals surface area contributed by atoms with Crippen LogP contribution in [0.1, 0.15) is 24.5 Å². The molecule has 0 spiro atoms. The number of carbonyl (C=O) groups is 2. The highest BCUT2D eigenvalue weighted by atomic mass is 16.5. The summed E-state index contributed by atoms with van der Waals surface area (Å²) in [6.07, 6.45) is 0.320. The van der Waals surface area contributed by atoms with E-state index in [1.807, 2.05) is 70.5 Å². The summed E-state index contributed by atoms with van der Waals surface area (Å²) in [6, 6.07) is 19.9. The van der Waals surface area contributed by atoms with Gasteiger partial charge in [0.1, 0.15) is 0 Å². The fourth-order valence-corrected chi connectivity index (χ4v) is 3.32. The second kappa shape index (κ2) is 9.90. The second-order valence-electron chi connectivity index (χ2n) is 6.88. The lowest BCUT2D eigenvalue weighted by atomic mass is 10.2. The monoisotopic (exact) mass is 381 g/mol. The largest absolute Gasteiger partial charge is 0.466 e. The molecule has 0 saturated carbocycles. The molecule has 3 rings (SSSR count). The molecule has 148 valence electrons. The normalized spacial score (nSPS) is 15.0. The molecule has 1 aliphatic heterocycles. The van der Waals surface area contributed by atoms with Crippen molar-refractivity contribution in [2.24, 2.45) is 0 Å². The van der Waals surface area contributed by atoms with Crippen LogP contribution in [0.3, 0.4) is 0 Å². The van der Waals surface area contributed by atoms with Gasteiger partial charge in [0.05, 0.1) is 26.4 Å². The number of urea groups is 1. The van der Waals surface area contributed by atoms with Crippen LogP contribution in [0.5, 0.6) is 0 Å². The maximum Gasteiger partial charge on any atom is 0.322 e. The van der Waals surface area contributed by atoms with Gasteiger partial charge in [0, 0.05) is 19.6 Å². The molecule has 2 amide bonds. The van der Waals surface area contributed by atoms with E-state index in [2.05, 4.69) is 4.90 Å². The van der Waals surface area contributed by atoms with Crippen molar-refractivity contribution in [3.8, 4) is 0 Å². The molecule has 0 atom stereocenters. The molecular formula is C22H27N3O3. The average molecular weight is 381 g/mol. The molecule has 0 aliphatic carbocycles. The second-order valence-corrected chi connectivity index (χ2v) is 6.88. The number of rotatable bonds is 8. The van der Waals surface area contributed by atoms with Crippen molar-refractivity contribution in [1.29, 1.82) is 0 Å². The van der Waals surface area contributed by atoms with E-state index in [9.17, 15) is 9.59 Å². The average Bonchev–Trinajstić information content (AvgIpc) is 2.71. The molecule has 28 heavy (non-hydrogen) atoms. The Hall–Kier alpha value is -2.86. The molecule has 0 radical (unpaired) electrons. The lowest BCUT2D eigenvalue weighted by molar-refractivity contribution is -0.143. The van der Waals surface area contributed by atoms with Crippen molar-refractivity contribution in [3.05, 3.63) is 71.8 Å². The van der Waals surface area contributed by atoms with Gasteiger partial charge in [0.15, 0.2) is 0 Å². The summed E-state index contributed by atoms with van der Waals surface area (Å²) >= 11 is 0. The van der Waals surface area contributed by atoms with Crippen LogP contribution in [-0.2, 0) is 22.6 Å². The number of benzene rings is 2. The highest BCUT2D eigenvalue weighted by Gasteiger charge is 2.30. The molecule has 1 aliphatic rings. The van der Waals surface area contributed by atoms with E-state index < -0.39 is 0 Å². The molecule has 0 unspecified atom stereocenters. The third kappa shape index (κ3) is 5.57. The van der Waals surface area contributed by atoms with Crippen LogP contribution < -0.4 is 0 Å². The lowest BCUT2D eigenvalue weighted by Gasteiger charge is -2.42. The molecule has 6 nitrogen and oxygen atoms in total. The number of amides is 2. The van der Waals surface area contributed by atoms with E-state index in [1.54, 1.807) is 6.92 Å². The predicted molar refractivity (Wildman–Crippen MR) is 107 cm³/mol. The van der Waals surface area contributed by atoms with E-state index in [0.29, 0.717) is 46.0 Å². The van der Waals surface area contributed by atoms with Crippen molar-refractivity contribution >= 4 is 12.0 Å². The van der Waals surface area contributed by atoms with Gasteiger partial charge in [-0.3, -0.25) is 9.69 Å². The zero-order valence-corrected chi connectivity index (χ0v) is 16.3. The van der Waals surface area contributed by atoms with Gasteiger partial charge >= 0.3 is 12.0 Å². The minimum Gasteiger partial charge on any atom is -0.466 e. The summed E-state index contributed by atoms with van der Waals surface area (Å²) in [6.45, 7) is 4.83. The van der Waals surface area contributed by atoms with Crippen molar-refractivity contribution < 1.29 is 14.3 Å². The number of esters is 1. The molecule has 1 fully saturated rings. The number of ether oxygens (including phenoxy) is 1. The Kier molecular flexibility index (Phi) is 7.03. The zero-order valence-electron chi connectivity index (χ0n) is 16.3. The fraction of sp³-hybridized carbons (Fsp3) is 0.364. The Labute approximate surface area is 166 Å². The number of nitrogens with zero attached hydrogens (tertiary/aromatic N) is 3. The maximum atomic E-state index is 13.1. The Balaban J connectivity index is 1.70. The first-order valence-corrected chi connectivity index (χ1v) is 9.65. The third-order valence-electron chi connectivity index (χ3n) is 4.65. The van der Waals surface area contributed by atoms with Crippen LogP contribution in [0.4, 0.5) is 4.79 Å². The quantitative estimate of drug-likeness (QED) is 0.659. The van der Waals surface area contributed by atoms with Crippen LogP contribution in [0.15, 0.2) is 60.7 Å². The van der Waals surface area contributed by atoms with Gasteiger partial charge in [-0.2, -0.15) is 0 Å². The van der Waals surface area contributed by atoms with Crippen molar-refractivity contribution in [2.45, 2.75) is 26.4 Å². The van der Waals surface area contributed by atoms with E-state index >= 15 is 0 Å². The van der Waals surface area contributed by atoms with Gasteiger partial charge in [-0.1, -0.05) is 60.7 Å². The van der Waals surface area contributed by atoms with Gasteiger partial charge in [-0.15, -0.1) is 0 Å². The molecule has 1 heterocycles. The van der Waals surface area contributed by atoms with E-state index in [-0.39, 0.29) is 12.0 Å². The Morgan fingerprint density at radius 2 is 1.39 bits per heavy atom. The summed E-state index contributed by atoms with van der Waals surface area (Å²) in [4.78, 5) is 30.6. The maximum absolute atomic E-state index is 13.1. The summed E-state index contributed by atoms with van der Waals surface area (Å²) in [7, 11) is 0. The minimum absolute atomic E-state index is 0.0140. The van der Waals surface area contributed by atoms with Gasteiger partial charge in [-0.25, -0.2) is 4.79 Å². The molecule has 1 saturated heterocycles. The van der Waals surface area contributed by atoms with Gasteiger partial charge in [0.25, 0.3) is 0 Å². The first kappa shape index (κ1) is 19.9.